The lowest BCUT2D eigenvalue weighted by molar-refractivity contribution is 1.09. The molecule has 4 aromatic heterocycles. The molecule has 0 fully saturated rings. The number of hydrogen-bond donors (Lipinski definition) is 4. The molecule has 8 bridgehead atoms. The summed E-state index contributed by atoms with van der Waals surface area (Å²) in [5, 5.41) is 4.73. The second kappa shape index (κ2) is 8.27. The zero-order chi connectivity index (χ0) is 22.2. The van der Waals surface area contributed by atoms with Crippen molar-refractivity contribution >= 4 is 22.3 Å². The maximum atomic E-state index is 3.71. The van der Waals surface area contributed by atoms with Crippen LogP contribution in [-0.4, -0.2) is 19.9 Å². The van der Waals surface area contributed by atoms with Crippen LogP contribution < -0.4 is 21.4 Å². The third kappa shape index (κ3) is 3.31. The van der Waals surface area contributed by atoms with Crippen LogP contribution in [0.1, 0.15) is 76.2 Å². The fraction of sp³-hybridized carbons (Fsp3) is 0.286. The highest BCUT2D eigenvalue weighted by molar-refractivity contribution is 5.70. The molecule has 5 rings (SSSR count). The quantitative estimate of drug-likeness (QED) is 0.386. The first-order chi connectivity index (χ1) is 15.7. The molecule has 4 N–H and O–H groups in total. The summed E-state index contributed by atoms with van der Waals surface area (Å²) in [7, 11) is 0. The van der Waals surface area contributed by atoms with Gasteiger partial charge in [0.2, 0.25) is 0 Å². The lowest BCUT2D eigenvalue weighted by atomic mass is 10.1. The van der Waals surface area contributed by atoms with Gasteiger partial charge >= 0.3 is 0 Å². The van der Waals surface area contributed by atoms with Gasteiger partial charge < -0.3 is 19.9 Å². The molecule has 0 aromatic carbocycles. The molecule has 4 heteroatoms. The van der Waals surface area contributed by atoms with E-state index >= 15 is 0 Å². The van der Waals surface area contributed by atoms with Crippen LogP contribution in [0, 0.1) is 0 Å². The van der Waals surface area contributed by atoms with Crippen molar-refractivity contribution < 1.29 is 0 Å². The minimum absolute atomic E-state index is 0.955. The van der Waals surface area contributed by atoms with Crippen LogP contribution in [-0.2, 0) is 0 Å². The van der Waals surface area contributed by atoms with Gasteiger partial charge in [0, 0.05) is 44.2 Å². The minimum atomic E-state index is 0.955. The second-order valence-electron chi connectivity index (χ2n) is 8.47. The number of aromatic nitrogens is 4. The maximum absolute atomic E-state index is 3.71. The molecule has 0 aliphatic carbocycles. The summed E-state index contributed by atoms with van der Waals surface area (Å²) in [5.74, 6) is 0. The molecule has 0 radical (unpaired) electrons. The molecule has 32 heavy (non-hydrogen) atoms. The van der Waals surface area contributed by atoms with Crippen LogP contribution in [0.25, 0.3) is 22.3 Å². The van der Waals surface area contributed by atoms with Crippen LogP contribution in [0.4, 0.5) is 0 Å². The Morgan fingerprint density at radius 1 is 0.375 bits per heavy atom. The van der Waals surface area contributed by atoms with Crippen molar-refractivity contribution in [1.82, 2.24) is 19.9 Å². The van der Waals surface area contributed by atoms with E-state index in [0.29, 0.717) is 0 Å². The summed E-state index contributed by atoms with van der Waals surface area (Å²) in [5.41, 5.74) is 9.96. The first-order valence-electron chi connectivity index (χ1n) is 11.9. The van der Waals surface area contributed by atoms with Gasteiger partial charge in [0.25, 0.3) is 0 Å². The van der Waals surface area contributed by atoms with Crippen molar-refractivity contribution in [3.63, 3.8) is 0 Å². The highest BCUT2D eigenvalue weighted by Crippen LogP contribution is 2.21. The lowest BCUT2D eigenvalue weighted by Gasteiger charge is -2.05. The van der Waals surface area contributed by atoms with E-state index < -0.39 is 0 Å². The minimum Gasteiger partial charge on any atom is -0.355 e. The van der Waals surface area contributed by atoms with Gasteiger partial charge in [-0.05, 0) is 96.5 Å². The van der Waals surface area contributed by atoms with Gasteiger partial charge in [-0.25, -0.2) is 0 Å². The Kier molecular flexibility index (Phi) is 5.30. The molecule has 0 unspecified atom stereocenters. The van der Waals surface area contributed by atoms with Crippen LogP contribution in [0.5, 0.6) is 0 Å². The van der Waals surface area contributed by atoms with Crippen LogP contribution >= 0.6 is 0 Å². The average molecular weight is 425 g/mol. The molecule has 164 valence electrons. The van der Waals surface area contributed by atoms with Gasteiger partial charge in [0.05, 0.1) is 0 Å². The van der Waals surface area contributed by atoms with E-state index in [-0.39, 0.29) is 0 Å². The molecule has 4 aromatic rings. The molecular weight excluding hydrogens is 392 g/mol. The Bertz CT molecular complexity index is 1290. The molecule has 0 atom stereocenters. The molecule has 4 nitrogen and oxygen atoms in total. The number of aromatic amines is 4. The maximum Gasteiger partial charge on any atom is 0.0438 e. The van der Waals surface area contributed by atoms with E-state index in [2.05, 4.69) is 96.2 Å². The molecule has 1 aliphatic heterocycles. The summed E-state index contributed by atoms with van der Waals surface area (Å²) in [6.45, 7) is 8.89. The normalized spacial score (nSPS) is 13.9. The monoisotopic (exact) mass is 424 g/mol. The number of nitrogens with one attached hydrogen (secondary N) is 4. The van der Waals surface area contributed by atoms with E-state index in [4.69, 9.17) is 0 Å². The third-order valence-corrected chi connectivity index (χ3v) is 6.76. The highest BCUT2D eigenvalue weighted by Gasteiger charge is 2.12. The fourth-order valence-corrected chi connectivity index (χ4v) is 5.09. The lowest BCUT2D eigenvalue weighted by Crippen LogP contribution is -2.17. The molecule has 1 aliphatic rings. The Hall–Kier alpha value is -3.40. The molecule has 0 saturated carbocycles. The number of hydrogen-bond acceptors (Lipinski definition) is 0. The van der Waals surface area contributed by atoms with Crippen LogP contribution in [0.15, 0.2) is 48.5 Å². The van der Waals surface area contributed by atoms with Gasteiger partial charge in [-0.1, -0.05) is 27.7 Å². The predicted molar refractivity (Wildman–Crippen MR) is 133 cm³/mol. The summed E-state index contributed by atoms with van der Waals surface area (Å²) in [6.07, 6.45) is 3.82. The second-order valence-corrected chi connectivity index (χ2v) is 8.47. The van der Waals surface area contributed by atoms with E-state index in [1.807, 2.05) is 0 Å². The van der Waals surface area contributed by atoms with Gasteiger partial charge in [-0.15, -0.1) is 0 Å². The standard InChI is InChI=1S/C28H32N4/c1-5-17-21-9-11-23(29-21)18(6-2)25-13-15-27(31-25)20(8-4)28-16-14-26(32-28)19(7-3)24-12-10-22(17)30-24/h9-16,29-32H,5-8H2,1-4H3. The third-order valence-electron chi connectivity index (χ3n) is 6.76. The first-order valence-corrected chi connectivity index (χ1v) is 11.9. The molecular formula is C28H32N4. The van der Waals surface area contributed by atoms with Gasteiger partial charge in [-0.3, -0.25) is 0 Å². The Balaban J connectivity index is 1.92. The molecule has 0 saturated heterocycles. The predicted octanol–water partition coefficient (Wildman–Crippen LogP) is 3.75. The molecule has 5 heterocycles. The van der Waals surface area contributed by atoms with Crippen molar-refractivity contribution in [2.45, 2.75) is 53.4 Å². The number of H-pyrrole nitrogens is 4. The summed E-state index contributed by atoms with van der Waals surface area (Å²) >= 11 is 0. The Morgan fingerprint density at radius 3 is 0.844 bits per heavy atom. The topological polar surface area (TPSA) is 63.2 Å². The van der Waals surface area contributed by atoms with E-state index in [9.17, 15) is 0 Å². The summed E-state index contributed by atoms with van der Waals surface area (Å²) in [4.78, 5) is 14.8. The van der Waals surface area contributed by atoms with Crippen LogP contribution in [0.3, 0.4) is 0 Å². The Labute approximate surface area is 188 Å². The van der Waals surface area contributed by atoms with Gasteiger partial charge in [0.1, 0.15) is 0 Å². The van der Waals surface area contributed by atoms with Gasteiger partial charge in [-0.2, -0.15) is 0 Å². The highest BCUT2D eigenvalue weighted by atomic mass is 14.8. The number of fused-ring (bicyclic) bond motifs is 8. The Morgan fingerprint density at radius 2 is 0.625 bits per heavy atom. The summed E-state index contributed by atoms with van der Waals surface area (Å²) < 4.78 is 0. The first kappa shape index (κ1) is 20.5. The zero-order valence-electron chi connectivity index (χ0n) is 19.4. The van der Waals surface area contributed by atoms with Crippen molar-refractivity contribution in [2.75, 3.05) is 0 Å². The van der Waals surface area contributed by atoms with Crippen LogP contribution in [0.2, 0.25) is 0 Å². The summed E-state index contributed by atoms with van der Waals surface area (Å²) in [6, 6.07) is 17.8. The van der Waals surface area contributed by atoms with E-state index in [1.54, 1.807) is 0 Å². The van der Waals surface area contributed by atoms with Crippen molar-refractivity contribution in [3.05, 3.63) is 92.7 Å². The smallest absolute Gasteiger partial charge is 0.0438 e. The average Bonchev–Trinajstić information content (AvgIpc) is 3.59. The molecule has 0 amide bonds. The van der Waals surface area contributed by atoms with Crippen molar-refractivity contribution in [1.29, 1.82) is 0 Å². The SMILES string of the molecule is CCC1=c2ccc([nH]2)=C(CC)c2ccc([nH]2)C(CC)=c2ccc([nH]2)=C(CC)c2ccc1[nH]2. The van der Waals surface area contributed by atoms with Gasteiger partial charge in [0.15, 0.2) is 0 Å². The largest absolute Gasteiger partial charge is 0.355 e. The number of rotatable bonds is 4. The zero-order valence-corrected chi connectivity index (χ0v) is 19.4. The van der Waals surface area contributed by atoms with E-state index in [1.165, 1.54) is 66.5 Å². The van der Waals surface area contributed by atoms with Crippen molar-refractivity contribution in [2.24, 2.45) is 0 Å². The fourth-order valence-electron chi connectivity index (χ4n) is 5.09. The van der Waals surface area contributed by atoms with E-state index in [0.717, 1.165) is 25.7 Å². The van der Waals surface area contributed by atoms with Crippen molar-refractivity contribution in [3.8, 4) is 0 Å². The molecule has 0 spiro atoms.